The number of hydrogen-bond acceptors (Lipinski definition) is 5. The van der Waals surface area contributed by atoms with Gasteiger partial charge in [0.1, 0.15) is 11.4 Å². The van der Waals surface area contributed by atoms with Crippen molar-refractivity contribution in [1.82, 2.24) is 15.4 Å². The number of benzene rings is 6. The summed E-state index contributed by atoms with van der Waals surface area (Å²) in [5.74, 6) is 0. The molecule has 2 aliphatic rings. The maximum atomic E-state index is 5.11. The van der Waals surface area contributed by atoms with E-state index in [0.717, 1.165) is 88.4 Å². The predicted octanol–water partition coefficient (Wildman–Crippen LogP) is 8.02. The molecule has 204 valence electrons. The SMILES string of the molecule is c1ccc(-c2nnnc(-c3ccccc3-c3cccc4c3-c3c5c(ccc3=N4)=c3ccccc3=N5)c2-c2ccccc2)cc1. The van der Waals surface area contributed by atoms with Crippen molar-refractivity contribution in [3.63, 3.8) is 0 Å². The van der Waals surface area contributed by atoms with E-state index >= 15 is 0 Å². The molecule has 44 heavy (non-hydrogen) atoms. The van der Waals surface area contributed by atoms with Gasteiger partial charge in [-0.15, -0.1) is 10.2 Å². The van der Waals surface area contributed by atoms with Crippen molar-refractivity contribution in [3.8, 4) is 55.9 Å². The summed E-state index contributed by atoms with van der Waals surface area (Å²) >= 11 is 0. The molecule has 0 fully saturated rings. The molecule has 0 spiro atoms. The van der Waals surface area contributed by atoms with Crippen LogP contribution in [-0.2, 0) is 0 Å². The second kappa shape index (κ2) is 9.75. The molecule has 1 aromatic heterocycles. The number of para-hydroxylation sites is 1. The fourth-order valence-electron chi connectivity index (χ4n) is 6.54. The quantitative estimate of drug-likeness (QED) is 0.219. The first-order chi connectivity index (χ1) is 21.8. The number of aromatic nitrogens is 3. The normalized spacial score (nSPS) is 12.0. The van der Waals surface area contributed by atoms with Crippen LogP contribution in [0, 0.1) is 10.4 Å². The minimum atomic E-state index is 0.781. The van der Waals surface area contributed by atoms with E-state index < -0.39 is 0 Å². The molecule has 0 radical (unpaired) electrons. The molecule has 0 atom stereocenters. The van der Waals surface area contributed by atoms with E-state index in [1.54, 1.807) is 0 Å². The van der Waals surface area contributed by atoms with Gasteiger partial charge in [0, 0.05) is 38.3 Å². The van der Waals surface area contributed by atoms with E-state index in [-0.39, 0.29) is 0 Å². The molecule has 5 heteroatoms. The lowest BCUT2D eigenvalue weighted by molar-refractivity contribution is 0.879. The van der Waals surface area contributed by atoms with Crippen LogP contribution >= 0.6 is 0 Å². The van der Waals surface area contributed by atoms with E-state index in [9.17, 15) is 0 Å². The molecule has 6 aromatic carbocycles. The van der Waals surface area contributed by atoms with E-state index in [0.29, 0.717) is 0 Å². The number of rotatable bonds is 4. The zero-order valence-electron chi connectivity index (χ0n) is 23.5. The van der Waals surface area contributed by atoms with Crippen molar-refractivity contribution >= 4 is 11.4 Å². The molecule has 0 saturated carbocycles. The van der Waals surface area contributed by atoms with Gasteiger partial charge in [-0.1, -0.05) is 115 Å². The number of hydrogen-bond donors (Lipinski definition) is 0. The van der Waals surface area contributed by atoms with Crippen LogP contribution in [0.3, 0.4) is 0 Å². The molecule has 2 aliphatic heterocycles. The van der Waals surface area contributed by atoms with Crippen molar-refractivity contribution in [2.45, 2.75) is 0 Å². The molecule has 0 saturated heterocycles. The summed E-state index contributed by atoms with van der Waals surface area (Å²) in [6.07, 6.45) is 0. The molecule has 7 aromatic rings. The van der Waals surface area contributed by atoms with Crippen LogP contribution in [0.5, 0.6) is 0 Å². The third kappa shape index (κ3) is 3.69. The van der Waals surface area contributed by atoms with Crippen LogP contribution in [0.2, 0.25) is 0 Å². The second-order valence-electron chi connectivity index (χ2n) is 10.9. The minimum Gasteiger partial charge on any atom is -0.248 e. The summed E-state index contributed by atoms with van der Waals surface area (Å²) in [6.45, 7) is 0. The Labute approximate surface area is 252 Å². The fourth-order valence-corrected chi connectivity index (χ4v) is 6.54. The molecule has 0 amide bonds. The monoisotopic (exact) mass is 561 g/mol. The first-order valence-corrected chi connectivity index (χ1v) is 14.6. The summed E-state index contributed by atoms with van der Waals surface area (Å²) in [6, 6.07) is 47.9. The van der Waals surface area contributed by atoms with Gasteiger partial charge in [-0.2, -0.15) is 0 Å². The van der Waals surface area contributed by atoms with Gasteiger partial charge in [0.05, 0.1) is 22.1 Å². The van der Waals surface area contributed by atoms with Gasteiger partial charge < -0.3 is 0 Å². The second-order valence-corrected chi connectivity index (χ2v) is 10.9. The zero-order chi connectivity index (χ0) is 29.0. The van der Waals surface area contributed by atoms with E-state index in [2.05, 4.69) is 107 Å². The standard InChI is InChI=1S/C39H23N5/c1-3-12-24(13-4-1)34-37(25-14-5-2-6-15-25)42-44-43-39(34)29-18-8-7-16-26(29)28-19-11-21-32-35(28)36-33(40-32)23-22-30-27-17-9-10-20-31(27)41-38(30)36/h1-23H. The molecule has 0 N–H and O–H groups in total. The first-order valence-electron chi connectivity index (χ1n) is 14.6. The van der Waals surface area contributed by atoms with Gasteiger partial charge in [-0.25, -0.2) is 9.98 Å². The highest BCUT2D eigenvalue weighted by Crippen LogP contribution is 2.48. The highest BCUT2D eigenvalue weighted by molar-refractivity contribution is 6.02. The van der Waals surface area contributed by atoms with Crippen molar-refractivity contribution in [2.24, 2.45) is 9.98 Å². The summed E-state index contributed by atoms with van der Waals surface area (Å²) in [7, 11) is 0. The molecule has 0 unspecified atom stereocenters. The Morgan fingerprint density at radius 1 is 0.364 bits per heavy atom. The zero-order valence-corrected chi connectivity index (χ0v) is 23.5. The molecule has 9 rings (SSSR count). The van der Waals surface area contributed by atoms with Crippen LogP contribution in [0.25, 0.3) is 55.9 Å². The van der Waals surface area contributed by atoms with Crippen molar-refractivity contribution in [3.05, 3.63) is 161 Å². The summed E-state index contributed by atoms with van der Waals surface area (Å²) < 4.78 is 0. The van der Waals surface area contributed by atoms with Crippen LogP contribution < -0.4 is 10.7 Å². The topological polar surface area (TPSA) is 63.4 Å². The van der Waals surface area contributed by atoms with Gasteiger partial charge in [-0.3, -0.25) is 0 Å². The van der Waals surface area contributed by atoms with Gasteiger partial charge in [0.2, 0.25) is 0 Å². The molecule has 0 aliphatic carbocycles. The molecule has 3 heterocycles. The lowest BCUT2D eigenvalue weighted by Gasteiger charge is -2.17. The molecule has 0 bridgehead atoms. The van der Waals surface area contributed by atoms with E-state index in [1.807, 2.05) is 42.5 Å². The molecular weight excluding hydrogens is 538 g/mol. The number of nitrogens with zero attached hydrogens (tertiary/aromatic N) is 5. The van der Waals surface area contributed by atoms with Crippen LogP contribution in [0.15, 0.2) is 150 Å². The Hall–Kier alpha value is -6.07. The van der Waals surface area contributed by atoms with Crippen molar-refractivity contribution < 1.29 is 0 Å². The maximum absolute atomic E-state index is 5.11. The van der Waals surface area contributed by atoms with Crippen molar-refractivity contribution in [1.29, 1.82) is 0 Å². The Morgan fingerprint density at radius 3 is 1.89 bits per heavy atom. The van der Waals surface area contributed by atoms with Crippen LogP contribution in [0.1, 0.15) is 0 Å². The van der Waals surface area contributed by atoms with E-state index in [4.69, 9.17) is 15.1 Å². The van der Waals surface area contributed by atoms with Gasteiger partial charge in [-0.05, 0) is 46.2 Å². The molecular formula is C39H23N5. The smallest absolute Gasteiger partial charge is 0.105 e. The van der Waals surface area contributed by atoms with E-state index in [1.165, 1.54) is 0 Å². The lowest BCUT2D eigenvalue weighted by Crippen LogP contribution is -2.02. The Bertz CT molecular complexity index is 2490. The summed E-state index contributed by atoms with van der Waals surface area (Å²) in [5.41, 5.74) is 11.8. The predicted molar refractivity (Wildman–Crippen MR) is 173 cm³/mol. The number of fused-ring (bicyclic) bond motifs is 6. The average Bonchev–Trinajstić information content (AvgIpc) is 3.67. The van der Waals surface area contributed by atoms with Crippen LogP contribution in [0.4, 0.5) is 11.4 Å². The Kier molecular flexibility index (Phi) is 5.43. The largest absolute Gasteiger partial charge is 0.248 e. The molecule has 5 nitrogen and oxygen atoms in total. The van der Waals surface area contributed by atoms with Crippen molar-refractivity contribution in [2.75, 3.05) is 0 Å². The lowest BCUT2D eigenvalue weighted by atomic mass is 9.87. The third-order valence-corrected chi connectivity index (χ3v) is 8.46. The van der Waals surface area contributed by atoms with Gasteiger partial charge in [0.25, 0.3) is 0 Å². The minimum absolute atomic E-state index is 0.781. The average molecular weight is 562 g/mol. The highest BCUT2D eigenvalue weighted by Gasteiger charge is 2.26. The Morgan fingerprint density at radius 2 is 1.05 bits per heavy atom. The first kappa shape index (κ1) is 24.5. The summed E-state index contributed by atoms with van der Waals surface area (Å²) in [5, 5.41) is 17.8. The van der Waals surface area contributed by atoms with Crippen LogP contribution in [-0.4, -0.2) is 15.4 Å². The van der Waals surface area contributed by atoms with Gasteiger partial charge in [0.15, 0.2) is 0 Å². The van der Waals surface area contributed by atoms with Gasteiger partial charge >= 0.3 is 0 Å². The summed E-state index contributed by atoms with van der Waals surface area (Å²) in [4.78, 5) is 10.2. The highest BCUT2D eigenvalue weighted by atomic mass is 15.3. The Balaban J connectivity index is 1.32. The third-order valence-electron chi connectivity index (χ3n) is 8.46. The maximum Gasteiger partial charge on any atom is 0.105 e. The fraction of sp³-hybridized carbons (Fsp3) is 0.